The number of allylic oxidation sites excluding steroid dienone is 2. The van der Waals surface area contributed by atoms with Crippen LogP contribution in [0.15, 0.2) is 16.6 Å². The lowest BCUT2D eigenvalue weighted by atomic mass is 10.1. The van der Waals surface area contributed by atoms with Crippen molar-refractivity contribution in [3.05, 3.63) is 26.5 Å². The Morgan fingerprint density at radius 1 is 1.47 bits per heavy atom. The van der Waals surface area contributed by atoms with Gasteiger partial charge in [-0.15, -0.1) is 11.3 Å². The van der Waals surface area contributed by atoms with E-state index in [1.54, 1.807) is 11.3 Å². The van der Waals surface area contributed by atoms with Crippen molar-refractivity contribution in [2.45, 2.75) is 20.3 Å². The van der Waals surface area contributed by atoms with Gasteiger partial charge in [0.05, 0.1) is 20.4 Å². The van der Waals surface area contributed by atoms with E-state index < -0.39 is 0 Å². The van der Waals surface area contributed by atoms with Crippen molar-refractivity contribution in [3.63, 3.8) is 0 Å². The monoisotopic (exact) mass is 259 g/mol. The minimum absolute atomic E-state index is 0.143. The van der Waals surface area contributed by atoms with Crippen LogP contribution in [-0.2, 0) is 0 Å². The molecule has 1 heterocycles. The van der Waals surface area contributed by atoms with Crippen molar-refractivity contribution in [3.8, 4) is 0 Å². The largest absolute Gasteiger partial charge is 0.243 e. The molecule has 80 valence electrons. The number of nitrogens with zero attached hydrogens (tertiary/aromatic N) is 1. The maximum absolute atomic E-state index is 6.28. The Balaban J connectivity index is 2.90. The molecule has 1 aliphatic carbocycles. The van der Waals surface area contributed by atoms with E-state index in [4.69, 9.17) is 23.2 Å². The van der Waals surface area contributed by atoms with Crippen LogP contribution in [0, 0.1) is 5.92 Å². The van der Waals surface area contributed by atoms with E-state index in [0.29, 0.717) is 0 Å². The molecule has 1 nitrogen and oxygen atoms in total. The first-order valence-electron chi connectivity index (χ1n) is 4.85. The summed E-state index contributed by atoms with van der Waals surface area (Å²) in [5.74, 6) is 0.143. The molecule has 0 unspecified atom stereocenters. The first-order chi connectivity index (χ1) is 7.15. The number of rotatable bonds is 1. The van der Waals surface area contributed by atoms with Gasteiger partial charge in [-0.2, -0.15) is 0 Å². The molecule has 1 aromatic rings. The molecule has 0 saturated heterocycles. The third-order valence-corrected chi connectivity index (χ3v) is 4.27. The highest BCUT2D eigenvalue weighted by Gasteiger charge is 2.15. The summed E-state index contributed by atoms with van der Waals surface area (Å²) < 4.78 is 1.12. The van der Waals surface area contributed by atoms with E-state index in [-0.39, 0.29) is 5.92 Å². The minimum atomic E-state index is 0.143. The van der Waals surface area contributed by atoms with E-state index in [1.165, 1.54) is 0 Å². The van der Waals surface area contributed by atoms with Crippen LogP contribution in [0.25, 0.3) is 10.6 Å². The minimum Gasteiger partial charge on any atom is -0.243 e. The zero-order valence-corrected chi connectivity index (χ0v) is 10.9. The van der Waals surface area contributed by atoms with Gasteiger partial charge in [0.25, 0.3) is 0 Å². The van der Waals surface area contributed by atoms with Crippen LogP contribution >= 0.6 is 34.5 Å². The quantitative estimate of drug-likeness (QED) is 0.756. The van der Waals surface area contributed by atoms with E-state index in [2.05, 4.69) is 11.9 Å². The molecule has 0 aromatic carbocycles. The van der Waals surface area contributed by atoms with Crippen molar-refractivity contribution < 1.29 is 0 Å². The zero-order valence-electron chi connectivity index (χ0n) is 8.55. The normalized spacial score (nSPS) is 21.1. The van der Waals surface area contributed by atoms with Crippen LogP contribution in [0.5, 0.6) is 0 Å². The van der Waals surface area contributed by atoms with Crippen molar-refractivity contribution in [1.82, 2.24) is 4.98 Å². The van der Waals surface area contributed by atoms with E-state index in [9.17, 15) is 0 Å². The fourth-order valence-electron chi connectivity index (χ4n) is 1.68. The molecule has 15 heavy (non-hydrogen) atoms. The smallest absolute Gasteiger partial charge is 0.0966 e. The lowest BCUT2D eigenvalue weighted by Crippen LogP contribution is -2.25. The summed E-state index contributed by atoms with van der Waals surface area (Å²) in [6, 6.07) is 0. The first kappa shape index (κ1) is 11.2. The summed E-state index contributed by atoms with van der Waals surface area (Å²) in [6.45, 7) is 4.13. The number of hydrogen-bond donors (Lipinski definition) is 0. The molecule has 0 aliphatic heterocycles. The average molecular weight is 260 g/mol. The van der Waals surface area contributed by atoms with Gasteiger partial charge in [0.15, 0.2) is 0 Å². The van der Waals surface area contributed by atoms with Crippen molar-refractivity contribution in [2.24, 2.45) is 5.92 Å². The Hall–Kier alpha value is -0.310. The Morgan fingerprint density at radius 2 is 2.20 bits per heavy atom. The molecule has 0 spiro atoms. The molecular weight excluding hydrogens is 249 g/mol. The van der Waals surface area contributed by atoms with Gasteiger partial charge >= 0.3 is 0 Å². The van der Waals surface area contributed by atoms with Gasteiger partial charge < -0.3 is 0 Å². The summed E-state index contributed by atoms with van der Waals surface area (Å²) in [7, 11) is 0. The molecule has 0 N–H and O–H groups in total. The second-order valence-corrected chi connectivity index (χ2v) is 5.18. The number of halogens is 2. The van der Waals surface area contributed by atoms with Gasteiger partial charge in [-0.3, -0.25) is 0 Å². The van der Waals surface area contributed by atoms with Gasteiger partial charge in [0.2, 0.25) is 0 Å². The SMILES string of the molecule is CCC1=c2scnc2=C(Cl)[C@H](C)C=C1Cl. The van der Waals surface area contributed by atoms with Crippen LogP contribution in [0.4, 0.5) is 0 Å². The number of hydrogen-bond acceptors (Lipinski definition) is 2. The molecule has 1 aromatic heterocycles. The summed E-state index contributed by atoms with van der Waals surface area (Å²) in [6.07, 6.45) is 2.90. The van der Waals surface area contributed by atoms with Gasteiger partial charge in [-0.25, -0.2) is 4.98 Å². The Bertz CT molecular complexity index is 527. The lowest BCUT2D eigenvalue weighted by molar-refractivity contribution is 0.975. The molecule has 0 fully saturated rings. The fraction of sp³-hybridized carbons (Fsp3) is 0.364. The van der Waals surface area contributed by atoms with Gasteiger partial charge in [-0.05, 0) is 12.0 Å². The zero-order chi connectivity index (χ0) is 11.0. The standard InChI is InChI=1S/C11H11Cl2NS/c1-3-7-8(12)4-6(2)9(13)10-11(7)15-5-14-10/h4-6H,3H2,1-2H3/t6-/m1/s1. The second kappa shape index (κ2) is 4.28. The highest BCUT2D eigenvalue weighted by molar-refractivity contribution is 7.07. The molecule has 0 saturated carbocycles. The molecule has 0 amide bonds. The van der Waals surface area contributed by atoms with Crippen LogP contribution in [0.3, 0.4) is 0 Å². The van der Waals surface area contributed by atoms with Crippen LogP contribution < -0.4 is 9.88 Å². The summed E-state index contributed by atoms with van der Waals surface area (Å²) in [5.41, 5.74) is 2.97. The van der Waals surface area contributed by atoms with E-state index in [0.717, 1.165) is 31.9 Å². The maximum atomic E-state index is 6.28. The van der Waals surface area contributed by atoms with Gasteiger partial charge in [-0.1, -0.05) is 43.1 Å². The average Bonchev–Trinajstić information content (AvgIpc) is 2.63. The van der Waals surface area contributed by atoms with E-state index >= 15 is 0 Å². The molecule has 0 bridgehead atoms. The molecule has 4 heteroatoms. The lowest BCUT2D eigenvalue weighted by Gasteiger charge is -2.03. The molecule has 1 atom stereocenters. The molecule has 2 rings (SSSR count). The summed E-state index contributed by atoms with van der Waals surface area (Å²) in [5, 5.41) is 2.50. The molecule has 0 radical (unpaired) electrons. The van der Waals surface area contributed by atoms with Gasteiger partial charge in [0, 0.05) is 11.0 Å². The summed E-state index contributed by atoms with van der Waals surface area (Å²) >= 11 is 14.1. The Morgan fingerprint density at radius 3 is 2.87 bits per heavy atom. The number of aromatic nitrogens is 1. The van der Waals surface area contributed by atoms with Crippen molar-refractivity contribution in [1.29, 1.82) is 0 Å². The van der Waals surface area contributed by atoms with Crippen molar-refractivity contribution in [2.75, 3.05) is 0 Å². The highest BCUT2D eigenvalue weighted by atomic mass is 35.5. The van der Waals surface area contributed by atoms with E-state index in [1.807, 2.05) is 18.5 Å². The number of fused-ring (bicyclic) bond motifs is 1. The number of thiazole rings is 1. The highest BCUT2D eigenvalue weighted by Crippen LogP contribution is 2.26. The topological polar surface area (TPSA) is 12.9 Å². The van der Waals surface area contributed by atoms with Crippen LogP contribution in [0.1, 0.15) is 20.3 Å². The van der Waals surface area contributed by atoms with Gasteiger partial charge in [0.1, 0.15) is 0 Å². The third-order valence-electron chi connectivity index (χ3n) is 2.51. The van der Waals surface area contributed by atoms with Crippen molar-refractivity contribution >= 4 is 45.1 Å². The first-order valence-corrected chi connectivity index (χ1v) is 6.48. The van der Waals surface area contributed by atoms with Crippen LogP contribution in [-0.4, -0.2) is 4.98 Å². The molecule has 1 aliphatic rings. The fourth-order valence-corrected chi connectivity index (χ4v) is 3.35. The predicted molar refractivity (Wildman–Crippen MR) is 67.4 cm³/mol. The maximum Gasteiger partial charge on any atom is 0.0966 e. The summed E-state index contributed by atoms with van der Waals surface area (Å²) in [4.78, 5) is 4.32. The third kappa shape index (κ3) is 1.86. The molecular formula is C11H11Cl2NS. The predicted octanol–water partition coefficient (Wildman–Crippen LogP) is 2.82. The Kier molecular flexibility index (Phi) is 3.19. The van der Waals surface area contributed by atoms with Crippen LogP contribution in [0.2, 0.25) is 0 Å². The Labute approximate surface area is 103 Å². The second-order valence-electron chi connectivity index (χ2n) is 3.51.